The van der Waals surface area contributed by atoms with Crippen molar-refractivity contribution in [2.45, 2.75) is 0 Å². The molecule has 12 aromatic carbocycles. The van der Waals surface area contributed by atoms with Crippen LogP contribution >= 0.6 is 0 Å². The van der Waals surface area contributed by atoms with Crippen LogP contribution in [0.1, 0.15) is 0 Å². The molecule has 0 aliphatic heterocycles. The van der Waals surface area contributed by atoms with E-state index in [-0.39, 0.29) is 0 Å². The minimum Gasteiger partial charge on any atom is -0.310 e. The average Bonchev–Trinajstić information content (AvgIpc) is 3.40. The SMILES string of the molecule is c1ccc(N(c2ccccc2)c2ccc(-c3ccc(-c4ccc(-c5ccc(N(c6ccccc6)c6ccccc6)c6ccccc56)c5ccccc45)c4ccccc34)c3ccccc23)cc1. The summed E-state index contributed by atoms with van der Waals surface area (Å²) in [5.41, 5.74) is 14.1. The van der Waals surface area contributed by atoms with E-state index in [9.17, 15) is 0 Å². The summed E-state index contributed by atoms with van der Waals surface area (Å²) in [5.74, 6) is 0. The first-order valence-corrected chi connectivity index (χ1v) is 22.7. The Morgan fingerprint density at radius 1 is 0.152 bits per heavy atom. The molecule has 0 heterocycles. The number of anilines is 6. The summed E-state index contributed by atoms with van der Waals surface area (Å²) in [5, 5.41) is 9.75. The van der Waals surface area contributed by atoms with Gasteiger partial charge in [0.2, 0.25) is 0 Å². The van der Waals surface area contributed by atoms with E-state index in [4.69, 9.17) is 0 Å². The molecule has 0 fully saturated rings. The Kier molecular flexibility index (Phi) is 9.89. The van der Waals surface area contributed by atoms with Gasteiger partial charge >= 0.3 is 0 Å². The first-order chi connectivity index (χ1) is 32.8. The molecular weight excluding hydrogens is 797 g/mol. The van der Waals surface area contributed by atoms with Crippen molar-refractivity contribution in [2.24, 2.45) is 0 Å². The van der Waals surface area contributed by atoms with Gasteiger partial charge in [0, 0.05) is 33.5 Å². The summed E-state index contributed by atoms with van der Waals surface area (Å²) in [6.07, 6.45) is 0. The maximum atomic E-state index is 2.36. The molecule has 2 nitrogen and oxygen atoms in total. The van der Waals surface area contributed by atoms with E-state index in [0.29, 0.717) is 0 Å². The van der Waals surface area contributed by atoms with Crippen LogP contribution in [0.4, 0.5) is 34.1 Å². The van der Waals surface area contributed by atoms with Crippen LogP contribution in [-0.2, 0) is 0 Å². The predicted molar refractivity (Wildman–Crippen MR) is 282 cm³/mol. The molecule has 0 saturated heterocycles. The number of benzene rings is 12. The molecule has 310 valence electrons. The number of hydrogen-bond acceptors (Lipinski definition) is 2. The van der Waals surface area contributed by atoms with Crippen molar-refractivity contribution in [3.63, 3.8) is 0 Å². The fourth-order valence-corrected chi connectivity index (χ4v) is 10.1. The van der Waals surface area contributed by atoms with Gasteiger partial charge in [-0.15, -0.1) is 0 Å². The minimum absolute atomic E-state index is 1.12. The van der Waals surface area contributed by atoms with Crippen LogP contribution in [0.3, 0.4) is 0 Å². The summed E-state index contributed by atoms with van der Waals surface area (Å²) in [7, 11) is 0. The number of para-hydroxylation sites is 4. The monoisotopic (exact) mass is 840 g/mol. The zero-order valence-electron chi connectivity index (χ0n) is 36.3. The van der Waals surface area contributed by atoms with E-state index in [2.05, 4.69) is 277 Å². The zero-order valence-corrected chi connectivity index (χ0v) is 36.3. The largest absolute Gasteiger partial charge is 0.310 e. The van der Waals surface area contributed by atoms with Gasteiger partial charge < -0.3 is 9.80 Å². The van der Waals surface area contributed by atoms with Crippen LogP contribution in [0.25, 0.3) is 76.5 Å². The number of rotatable bonds is 9. The Balaban J connectivity index is 0.990. The van der Waals surface area contributed by atoms with E-state index in [1.807, 2.05) is 0 Å². The Bertz CT molecular complexity index is 3370. The fourth-order valence-electron chi connectivity index (χ4n) is 10.1. The summed E-state index contributed by atoms with van der Waals surface area (Å²) >= 11 is 0. The van der Waals surface area contributed by atoms with Gasteiger partial charge in [0.1, 0.15) is 0 Å². The summed E-state index contributed by atoms with van der Waals surface area (Å²) in [6.45, 7) is 0. The number of fused-ring (bicyclic) bond motifs is 4. The molecule has 0 aliphatic rings. The fraction of sp³-hybridized carbons (Fsp3) is 0. The van der Waals surface area contributed by atoms with Gasteiger partial charge in [-0.1, -0.05) is 206 Å². The molecule has 0 amide bonds. The zero-order chi connectivity index (χ0) is 43.8. The lowest BCUT2D eigenvalue weighted by Crippen LogP contribution is -2.10. The van der Waals surface area contributed by atoms with E-state index in [0.717, 1.165) is 34.1 Å². The minimum atomic E-state index is 1.12. The van der Waals surface area contributed by atoms with E-state index >= 15 is 0 Å². The molecule has 0 bridgehead atoms. The molecule has 12 aromatic rings. The second-order valence-electron chi connectivity index (χ2n) is 16.8. The smallest absolute Gasteiger partial charge is 0.0540 e. The quantitative estimate of drug-likeness (QED) is 0.143. The van der Waals surface area contributed by atoms with Gasteiger partial charge in [-0.25, -0.2) is 0 Å². The van der Waals surface area contributed by atoms with Crippen LogP contribution < -0.4 is 9.80 Å². The molecule has 66 heavy (non-hydrogen) atoms. The van der Waals surface area contributed by atoms with Crippen LogP contribution in [0.5, 0.6) is 0 Å². The second kappa shape index (κ2) is 16.8. The molecule has 0 radical (unpaired) electrons. The standard InChI is InChI=1S/C64H44N2/c1-5-21-45(22-6-1)65(46-23-7-2-8-24-46)63-43-41-59(53-33-17-19-35-61(53)63)57-39-37-55(49-29-13-15-31-51(49)57)56-38-40-58(52-32-16-14-30-50(52)56)60-42-44-64(62-36-20-18-34-54(60)62)66(47-25-9-3-10-26-47)48-27-11-4-12-28-48/h1-44H. The molecule has 12 rings (SSSR count). The lowest BCUT2D eigenvalue weighted by molar-refractivity contribution is 1.30. The first-order valence-electron chi connectivity index (χ1n) is 22.7. The third-order valence-corrected chi connectivity index (χ3v) is 13.1. The molecule has 0 aliphatic carbocycles. The lowest BCUT2D eigenvalue weighted by Gasteiger charge is -2.27. The van der Waals surface area contributed by atoms with Crippen molar-refractivity contribution >= 4 is 77.2 Å². The molecule has 0 saturated carbocycles. The van der Waals surface area contributed by atoms with Crippen molar-refractivity contribution in [1.82, 2.24) is 0 Å². The van der Waals surface area contributed by atoms with Crippen molar-refractivity contribution in [2.75, 3.05) is 9.80 Å². The van der Waals surface area contributed by atoms with Gasteiger partial charge in [-0.2, -0.15) is 0 Å². The summed E-state index contributed by atoms with van der Waals surface area (Å²) < 4.78 is 0. The van der Waals surface area contributed by atoms with Crippen LogP contribution in [0, 0.1) is 0 Å². The molecule has 0 atom stereocenters. The van der Waals surface area contributed by atoms with Crippen LogP contribution in [0.2, 0.25) is 0 Å². The average molecular weight is 841 g/mol. The van der Waals surface area contributed by atoms with Gasteiger partial charge in [0.25, 0.3) is 0 Å². The van der Waals surface area contributed by atoms with E-state index in [1.54, 1.807) is 0 Å². The van der Waals surface area contributed by atoms with Gasteiger partial charge in [-0.05, 0) is 126 Å². The van der Waals surface area contributed by atoms with Crippen molar-refractivity contribution in [3.8, 4) is 33.4 Å². The van der Waals surface area contributed by atoms with Crippen molar-refractivity contribution in [3.05, 3.63) is 267 Å². The highest BCUT2D eigenvalue weighted by atomic mass is 15.1. The first kappa shape index (κ1) is 38.9. The van der Waals surface area contributed by atoms with Crippen LogP contribution in [-0.4, -0.2) is 0 Å². The highest BCUT2D eigenvalue weighted by molar-refractivity contribution is 6.17. The lowest BCUT2D eigenvalue weighted by atomic mass is 9.86. The maximum Gasteiger partial charge on any atom is 0.0540 e. The third-order valence-electron chi connectivity index (χ3n) is 13.1. The Morgan fingerprint density at radius 2 is 0.333 bits per heavy atom. The Labute approximate surface area is 385 Å². The second-order valence-corrected chi connectivity index (χ2v) is 16.8. The Hall–Kier alpha value is -8.72. The van der Waals surface area contributed by atoms with Crippen molar-refractivity contribution in [1.29, 1.82) is 0 Å². The van der Waals surface area contributed by atoms with Gasteiger partial charge in [0.15, 0.2) is 0 Å². The highest BCUT2D eigenvalue weighted by Gasteiger charge is 2.21. The van der Waals surface area contributed by atoms with Gasteiger partial charge in [-0.3, -0.25) is 0 Å². The third kappa shape index (κ3) is 6.75. The topological polar surface area (TPSA) is 6.48 Å². The summed E-state index contributed by atoms with van der Waals surface area (Å²) in [4.78, 5) is 4.73. The van der Waals surface area contributed by atoms with E-state index < -0.39 is 0 Å². The molecule has 0 unspecified atom stereocenters. The molecular formula is C64H44N2. The highest BCUT2D eigenvalue weighted by Crippen LogP contribution is 2.47. The number of nitrogens with zero attached hydrogens (tertiary/aromatic N) is 2. The molecule has 0 spiro atoms. The van der Waals surface area contributed by atoms with Crippen molar-refractivity contribution < 1.29 is 0 Å². The van der Waals surface area contributed by atoms with E-state index in [1.165, 1.54) is 76.5 Å². The predicted octanol–water partition coefficient (Wildman–Crippen LogP) is 18.2. The molecule has 0 N–H and O–H groups in total. The maximum absolute atomic E-state index is 2.36. The molecule has 0 aromatic heterocycles. The van der Waals surface area contributed by atoms with Crippen LogP contribution in [0.15, 0.2) is 267 Å². The molecule has 2 heteroatoms. The summed E-state index contributed by atoms with van der Waals surface area (Å²) in [6, 6.07) is 96.8. The normalized spacial score (nSPS) is 11.3. The number of hydrogen-bond donors (Lipinski definition) is 0. The Morgan fingerprint density at radius 3 is 0.576 bits per heavy atom. The van der Waals surface area contributed by atoms with Gasteiger partial charge in [0.05, 0.1) is 11.4 Å².